The van der Waals surface area contributed by atoms with Gasteiger partial charge in [-0.25, -0.2) is 4.79 Å². The van der Waals surface area contributed by atoms with Gasteiger partial charge in [-0.3, -0.25) is 4.79 Å². The van der Waals surface area contributed by atoms with Crippen molar-refractivity contribution in [3.8, 4) is 0 Å². The number of benzene rings is 1. The molecular formula is C15H20N2O4. The van der Waals surface area contributed by atoms with E-state index >= 15 is 0 Å². The maximum Gasteiger partial charge on any atom is 0.321 e. The molecule has 1 fully saturated rings. The van der Waals surface area contributed by atoms with Crippen molar-refractivity contribution in [2.24, 2.45) is 5.92 Å². The summed E-state index contributed by atoms with van der Waals surface area (Å²) >= 11 is 0. The predicted octanol–water partition coefficient (Wildman–Crippen LogP) is 2.16. The largest absolute Gasteiger partial charge is 0.481 e. The molecule has 1 heterocycles. The molecule has 6 heteroatoms. The Bertz CT molecular complexity index is 518. The van der Waals surface area contributed by atoms with E-state index in [2.05, 4.69) is 5.32 Å². The number of piperidine rings is 1. The minimum Gasteiger partial charge on any atom is -0.481 e. The highest BCUT2D eigenvalue weighted by Gasteiger charge is 2.28. The first kappa shape index (κ1) is 15.3. The van der Waals surface area contributed by atoms with Crippen LogP contribution in [0.2, 0.25) is 0 Å². The Labute approximate surface area is 123 Å². The van der Waals surface area contributed by atoms with E-state index in [0.717, 1.165) is 5.56 Å². The van der Waals surface area contributed by atoms with Crippen molar-refractivity contribution < 1.29 is 19.4 Å². The number of rotatable bonds is 4. The molecule has 0 spiro atoms. The van der Waals surface area contributed by atoms with E-state index in [-0.39, 0.29) is 12.6 Å². The number of nitrogens with zero attached hydrogens (tertiary/aromatic N) is 1. The monoisotopic (exact) mass is 292 g/mol. The summed E-state index contributed by atoms with van der Waals surface area (Å²) in [5.41, 5.74) is 1.66. The molecule has 2 amide bonds. The summed E-state index contributed by atoms with van der Waals surface area (Å²) in [6, 6.07) is 7.16. The number of ether oxygens (including phenoxy) is 1. The summed E-state index contributed by atoms with van der Waals surface area (Å²) in [5.74, 6) is -1.31. The third-order valence-corrected chi connectivity index (χ3v) is 3.55. The Hall–Kier alpha value is -2.08. The Morgan fingerprint density at radius 3 is 3.00 bits per heavy atom. The number of hydrogen-bond donors (Lipinski definition) is 2. The van der Waals surface area contributed by atoms with Crippen molar-refractivity contribution >= 4 is 17.7 Å². The van der Waals surface area contributed by atoms with Gasteiger partial charge >= 0.3 is 12.0 Å². The normalized spacial score (nSPS) is 18.3. The fourth-order valence-electron chi connectivity index (χ4n) is 2.47. The van der Waals surface area contributed by atoms with Crippen LogP contribution in [0.3, 0.4) is 0 Å². The van der Waals surface area contributed by atoms with E-state index in [4.69, 9.17) is 9.84 Å². The second-order valence-electron chi connectivity index (χ2n) is 5.19. The Balaban J connectivity index is 1.97. The van der Waals surface area contributed by atoms with Gasteiger partial charge in [0, 0.05) is 25.9 Å². The van der Waals surface area contributed by atoms with Gasteiger partial charge in [-0.1, -0.05) is 12.1 Å². The van der Waals surface area contributed by atoms with Crippen LogP contribution < -0.4 is 5.32 Å². The second kappa shape index (κ2) is 7.08. The standard InChI is InChI=1S/C15H20N2O4/c1-21-10-11-4-2-6-13(8-11)16-15(20)17-7-3-5-12(9-17)14(18)19/h2,4,6,8,12H,3,5,7,9-10H2,1H3,(H,16,20)(H,18,19)/t12-/m1/s1. The quantitative estimate of drug-likeness (QED) is 0.891. The summed E-state index contributed by atoms with van der Waals surface area (Å²) in [7, 11) is 1.62. The van der Waals surface area contributed by atoms with Gasteiger partial charge in [0.15, 0.2) is 0 Å². The minimum absolute atomic E-state index is 0.254. The molecule has 0 bridgehead atoms. The number of urea groups is 1. The molecule has 6 nitrogen and oxygen atoms in total. The highest BCUT2D eigenvalue weighted by Crippen LogP contribution is 2.18. The first-order valence-electron chi connectivity index (χ1n) is 6.96. The van der Waals surface area contributed by atoms with E-state index in [1.807, 2.05) is 18.2 Å². The van der Waals surface area contributed by atoms with Crippen LogP contribution in [-0.4, -0.2) is 42.2 Å². The predicted molar refractivity (Wildman–Crippen MR) is 78.1 cm³/mol. The average molecular weight is 292 g/mol. The summed E-state index contributed by atoms with van der Waals surface area (Å²) < 4.78 is 5.06. The van der Waals surface area contributed by atoms with Gasteiger partial charge in [0.1, 0.15) is 0 Å². The van der Waals surface area contributed by atoms with Gasteiger partial charge < -0.3 is 20.1 Å². The number of carbonyl (C=O) groups excluding carboxylic acids is 1. The number of nitrogens with one attached hydrogen (secondary N) is 1. The first-order chi connectivity index (χ1) is 10.1. The van der Waals surface area contributed by atoms with Crippen LogP contribution in [0, 0.1) is 5.92 Å². The fraction of sp³-hybridized carbons (Fsp3) is 0.467. The lowest BCUT2D eigenvalue weighted by molar-refractivity contribution is -0.143. The molecule has 1 saturated heterocycles. The van der Waals surface area contributed by atoms with Gasteiger partial charge in [-0.05, 0) is 30.5 Å². The van der Waals surface area contributed by atoms with Crippen LogP contribution >= 0.6 is 0 Å². The molecule has 1 aromatic carbocycles. The van der Waals surface area contributed by atoms with E-state index in [1.54, 1.807) is 18.1 Å². The van der Waals surface area contributed by atoms with E-state index in [9.17, 15) is 9.59 Å². The number of hydrogen-bond acceptors (Lipinski definition) is 3. The molecule has 0 aliphatic carbocycles. The van der Waals surface area contributed by atoms with Crippen molar-refractivity contribution in [3.05, 3.63) is 29.8 Å². The van der Waals surface area contributed by atoms with E-state index < -0.39 is 11.9 Å². The maximum atomic E-state index is 12.2. The number of carboxylic acids is 1. The molecule has 2 N–H and O–H groups in total. The van der Waals surface area contributed by atoms with Crippen LogP contribution in [0.15, 0.2) is 24.3 Å². The van der Waals surface area contributed by atoms with Gasteiger partial charge in [0.25, 0.3) is 0 Å². The summed E-state index contributed by atoms with van der Waals surface area (Å²) in [5, 5.41) is 11.9. The maximum absolute atomic E-state index is 12.2. The van der Waals surface area contributed by atoms with Crippen molar-refractivity contribution in [1.29, 1.82) is 0 Å². The number of methoxy groups -OCH3 is 1. The smallest absolute Gasteiger partial charge is 0.321 e. The molecule has 0 unspecified atom stereocenters. The van der Waals surface area contributed by atoms with E-state index in [0.29, 0.717) is 31.7 Å². The topological polar surface area (TPSA) is 78.9 Å². The molecule has 0 saturated carbocycles. The lowest BCUT2D eigenvalue weighted by Crippen LogP contribution is -2.44. The third kappa shape index (κ3) is 4.19. The average Bonchev–Trinajstić information content (AvgIpc) is 2.48. The third-order valence-electron chi connectivity index (χ3n) is 3.55. The number of aliphatic carboxylic acids is 1. The van der Waals surface area contributed by atoms with Gasteiger partial charge in [0.05, 0.1) is 12.5 Å². The zero-order valence-corrected chi connectivity index (χ0v) is 12.0. The van der Waals surface area contributed by atoms with Crippen molar-refractivity contribution in [2.75, 3.05) is 25.5 Å². The highest BCUT2D eigenvalue weighted by atomic mass is 16.5. The molecule has 0 aromatic heterocycles. The summed E-state index contributed by atoms with van der Waals surface area (Å²) in [6.07, 6.45) is 1.34. The SMILES string of the molecule is COCc1cccc(NC(=O)N2CCC[C@@H](C(=O)O)C2)c1. The number of carboxylic acid groups (broad SMARTS) is 1. The van der Waals surface area contributed by atoms with Crippen LogP contribution in [0.25, 0.3) is 0 Å². The molecule has 1 atom stereocenters. The van der Waals surface area contributed by atoms with E-state index in [1.165, 1.54) is 0 Å². The Morgan fingerprint density at radius 2 is 2.29 bits per heavy atom. The molecule has 2 rings (SSSR count). The van der Waals surface area contributed by atoms with Crippen molar-refractivity contribution in [1.82, 2.24) is 4.90 Å². The van der Waals surface area contributed by atoms with Gasteiger partial charge in [-0.2, -0.15) is 0 Å². The Morgan fingerprint density at radius 1 is 1.48 bits per heavy atom. The molecule has 21 heavy (non-hydrogen) atoms. The number of carbonyl (C=O) groups is 2. The fourth-order valence-corrected chi connectivity index (χ4v) is 2.47. The van der Waals surface area contributed by atoms with Crippen LogP contribution in [0.5, 0.6) is 0 Å². The van der Waals surface area contributed by atoms with Crippen molar-refractivity contribution in [3.63, 3.8) is 0 Å². The summed E-state index contributed by atoms with van der Waals surface area (Å²) in [6.45, 7) is 1.33. The van der Waals surface area contributed by atoms with Crippen LogP contribution in [0.1, 0.15) is 18.4 Å². The Kier molecular flexibility index (Phi) is 5.16. The van der Waals surface area contributed by atoms with Crippen molar-refractivity contribution in [2.45, 2.75) is 19.4 Å². The highest BCUT2D eigenvalue weighted by molar-refractivity contribution is 5.89. The second-order valence-corrected chi connectivity index (χ2v) is 5.19. The molecule has 1 aromatic rings. The summed E-state index contributed by atoms with van der Waals surface area (Å²) in [4.78, 5) is 24.8. The lowest BCUT2D eigenvalue weighted by Gasteiger charge is -2.30. The lowest BCUT2D eigenvalue weighted by atomic mass is 9.99. The minimum atomic E-state index is -0.838. The van der Waals surface area contributed by atoms with Crippen LogP contribution in [-0.2, 0) is 16.1 Å². The number of amides is 2. The van der Waals surface area contributed by atoms with Gasteiger partial charge in [-0.15, -0.1) is 0 Å². The first-order valence-corrected chi connectivity index (χ1v) is 6.96. The zero-order chi connectivity index (χ0) is 15.2. The van der Waals surface area contributed by atoms with Crippen LogP contribution in [0.4, 0.5) is 10.5 Å². The molecular weight excluding hydrogens is 272 g/mol. The molecule has 1 aliphatic rings. The molecule has 1 aliphatic heterocycles. The molecule has 114 valence electrons. The molecule has 0 radical (unpaired) electrons. The number of anilines is 1. The van der Waals surface area contributed by atoms with Gasteiger partial charge in [0.2, 0.25) is 0 Å². The zero-order valence-electron chi connectivity index (χ0n) is 12.0. The number of likely N-dealkylation sites (tertiary alicyclic amines) is 1.